The number of esters is 1. The maximum absolute atomic E-state index is 12.4. The van der Waals surface area contributed by atoms with Gasteiger partial charge in [0, 0.05) is 17.5 Å². The summed E-state index contributed by atoms with van der Waals surface area (Å²) in [7, 11) is 0.360. The summed E-state index contributed by atoms with van der Waals surface area (Å²) in [6, 6.07) is 14.0. The van der Waals surface area contributed by atoms with Crippen LogP contribution < -0.4 is 15.1 Å². The van der Waals surface area contributed by atoms with E-state index in [1.54, 1.807) is 36.4 Å². The standard InChI is InChI=1S/C22H20O6Si/c1-15-12-21(24)28-20-13-18(8-9-19(15)20)27-22(25)16-4-6-17(7-5-16)26-10-2-3-11-29-14-23/h4-9,12-14H,2-3,10-11H2,1H3. The summed E-state index contributed by atoms with van der Waals surface area (Å²) in [5, 5.41) is 0.789. The van der Waals surface area contributed by atoms with E-state index in [4.69, 9.17) is 13.9 Å². The van der Waals surface area contributed by atoms with Gasteiger partial charge in [0.1, 0.15) is 26.6 Å². The Morgan fingerprint density at radius 3 is 2.59 bits per heavy atom. The molecule has 1 aromatic heterocycles. The predicted molar refractivity (Wildman–Crippen MR) is 111 cm³/mol. The monoisotopic (exact) mass is 408 g/mol. The van der Waals surface area contributed by atoms with Crippen LogP contribution in [0.3, 0.4) is 0 Å². The number of unbranched alkanes of at least 4 members (excludes halogenated alkanes) is 1. The Morgan fingerprint density at radius 2 is 1.83 bits per heavy atom. The Hall–Kier alpha value is -3.19. The van der Waals surface area contributed by atoms with Crippen molar-refractivity contribution in [3.63, 3.8) is 0 Å². The second-order valence-electron chi connectivity index (χ2n) is 6.45. The second-order valence-corrected chi connectivity index (χ2v) is 7.59. The first-order chi connectivity index (χ1) is 14.1. The van der Waals surface area contributed by atoms with Crippen molar-refractivity contribution < 1.29 is 23.5 Å². The van der Waals surface area contributed by atoms with Crippen molar-refractivity contribution in [3.8, 4) is 11.5 Å². The van der Waals surface area contributed by atoms with Crippen LogP contribution in [0.5, 0.6) is 11.5 Å². The number of hydrogen-bond acceptors (Lipinski definition) is 6. The maximum atomic E-state index is 12.4. The average Bonchev–Trinajstić information content (AvgIpc) is 2.70. The fourth-order valence-electron chi connectivity index (χ4n) is 2.80. The third-order valence-corrected chi connectivity index (χ3v) is 5.10. The van der Waals surface area contributed by atoms with E-state index in [9.17, 15) is 14.4 Å². The number of hydrogen-bond donors (Lipinski definition) is 0. The van der Waals surface area contributed by atoms with Crippen molar-refractivity contribution >= 4 is 32.4 Å². The van der Waals surface area contributed by atoms with Crippen LogP contribution in [0.15, 0.2) is 57.7 Å². The lowest BCUT2D eigenvalue weighted by molar-refractivity contribution is 0.0735. The number of ether oxygens (including phenoxy) is 2. The molecule has 2 aromatic carbocycles. The summed E-state index contributed by atoms with van der Waals surface area (Å²) in [5.74, 6) is 1.41. The van der Waals surface area contributed by atoms with E-state index in [2.05, 4.69) is 0 Å². The second kappa shape index (κ2) is 9.84. The minimum atomic E-state index is -0.513. The summed E-state index contributed by atoms with van der Waals surface area (Å²) in [6.07, 6.45) is 1.83. The van der Waals surface area contributed by atoms with Crippen molar-refractivity contribution in [2.45, 2.75) is 25.8 Å². The van der Waals surface area contributed by atoms with Gasteiger partial charge in [-0.3, -0.25) is 0 Å². The molecule has 6 nitrogen and oxygen atoms in total. The molecule has 0 unspecified atom stereocenters. The average molecular weight is 408 g/mol. The highest BCUT2D eigenvalue weighted by Gasteiger charge is 2.11. The van der Waals surface area contributed by atoms with Crippen LogP contribution in [0, 0.1) is 6.92 Å². The Bertz CT molecular complexity index is 1060. The molecule has 7 heteroatoms. The summed E-state index contributed by atoms with van der Waals surface area (Å²) < 4.78 is 16.2. The van der Waals surface area contributed by atoms with Crippen molar-refractivity contribution in [1.29, 1.82) is 0 Å². The number of fused-ring (bicyclic) bond motifs is 1. The largest absolute Gasteiger partial charge is 0.494 e. The fraction of sp³-hybridized carbons (Fsp3) is 0.227. The first-order valence-electron chi connectivity index (χ1n) is 9.23. The van der Waals surface area contributed by atoms with Gasteiger partial charge in [-0.2, -0.15) is 0 Å². The minimum absolute atomic E-state index is 0.299. The van der Waals surface area contributed by atoms with E-state index in [1.807, 2.05) is 6.92 Å². The number of aryl methyl sites for hydroxylation is 1. The lowest BCUT2D eigenvalue weighted by atomic mass is 10.1. The molecule has 0 saturated carbocycles. The van der Waals surface area contributed by atoms with E-state index in [-0.39, 0.29) is 0 Å². The molecule has 3 rings (SSSR count). The fourth-order valence-corrected chi connectivity index (χ4v) is 3.37. The van der Waals surface area contributed by atoms with Crippen molar-refractivity contribution in [2.75, 3.05) is 6.61 Å². The molecule has 0 amide bonds. The molecule has 0 saturated heterocycles. The Balaban J connectivity index is 1.58. The summed E-state index contributed by atoms with van der Waals surface area (Å²) in [5.41, 5.74) is 1.11. The molecule has 0 spiro atoms. The van der Waals surface area contributed by atoms with Gasteiger partial charge in [-0.25, -0.2) is 9.59 Å². The van der Waals surface area contributed by atoms with Gasteiger partial charge in [0.15, 0.2) is 0 Å². The summed E-state index contributed by atoms with van der Waals surface area (Å²) >= 11 is 0. The van der Waals surface area contributed by atoms with Crippen LogP contribution in [0.2, 0.25) is 6.04 Å². The molecule has 0 N–H and O–H groups in total. The van der Waals surface area contributed by atoms with Crippen LogP contribution >= 0.6 is 0 Å². The molecule has 0 bridgehead atoms. The lowest BCUT2D eigenvalue weighted by Crippen LogP contribution is -2.08. The third-order valence-electron chi connectivity index (χ3n) is 4.29. The van der Waals surface area contributed by atoms with E-state index in [1.165, 1.54) is 12.1 Å². The molecule has 0 atom stereocenters. The highest BCUT2D eigenvalue weighted by molar-refractivity contribution is 6.66. The SMILES string of the molecule is Cc1cc(=O)oc2cc(OC(=O)c3ccc(OCCCC[Si]C=O)cc3)ccc12. The molecular weight excluding hydrogens is 388 g/mol. The molecule has 0 aliphatic heterocycles. The normalized spacial score (nSPS) is 10.7. The summed E-state index contributed by atoms with van der Waals surface area (Å²) in [4.78, 5) is 34.2. The first kappa shape index (κ1) is 20.5. The molecule has 0 fully saturated rings. The van der Waals surface area contributed by atoms with Crippen LogP contribution in [-0.4, -0.2) is 28.0 Å². The Labute approximate surface area is 170 Å². The molecule has 29 heavy (non-hydrogen) atoms. The Morgan fingerprint density at radius 1 is 1.07 bits per heavy atom. The van der Waals surface area contributed by atoms with Crippen LogP contribution in [-0.2, 0) is 4.79 Å². The van der Waals surface area contributed by atoms with Gasteiger partial charge in [0.05, 0.1) is 18.1 Å². The van der Waals surface area contributed by atoms with Crippen molar-refractivity contribution in [1.82, 2.24) is 0 Å². The van der Waals surface area contributed by atoms with Gasteiger partial charge in [0.2, 0.25) is 0 Å². The van der Waals surface area contributed by atoms with Crippen molar-refractivity contribution in [3.05, 3.63) is 70.1 Å². The highest BCUT2D eigenvalue weighted by atomic mass is 28.2. The lowest BCUT2D eigenvalue weighted by Gasteiger charge is -2.08. The van der Waals surface area contributed by atoms with Gasteiger partial charge in [-0.15, -0.1) is 0 Å². The van der Waals surface area contributed by atoms with Gasteiger partial charge < -0.3 is 18.7 Å². The smallest absolute Gasteiger partial charge is 0.343 e. The van der Waals surface area contributed by atoms with Crippen LogP contribution in [0.4, 0.5) is 0 Å². The third kappa shape index (κ3) is 5.65. The van der Waals surface area contributed by atoms with Crippen LogP contribution in [0.1, 0.15) is 28.8 Å². The van der Waals surface area contributed by atoms with E-state index in [0.717, 1.165) is 35.7 Å². The van der Waals surface area contributed by atoms with E-state index in [0.29, 0.717) is 38.8 Å². The zero-order chi connectivity index (χ0) is 20.6. The van der Waals surface area contributed by atoms with Gasteiger partial charge in [0.25, 0.3) is 0 Å². The predicted octanol–water partition coefficient (Wildman–Crippen LogP) is 3.79. The van der Waals surface area contributed by atoms with Gasteiger partial charge >= 0.3 is 11.6 Å². The van der Waals surface area contributed by atoms with Crippen LogP contribution in [0.25, 0.3) is 11.0 Å². The number of carbonyl (C=O) groups is 2. The topological polar surface area (TPSA) is 82.8 Å². The minimum Gasteiger partial charge on any atom is -0.494 e. The quantitative estimate of drug-likeness (QED) is 0.134. The molecule has 1 heterocycles. The van der Waals surface area contributed by atoms with Gasteiger partial charge in [-0.05, 0) is 55.3 Å². The van der Waals surface area contributed by atoms with E-state index >= 15 is 0 Å². The number of carbonyl (C=O) groups excluding carboxylic acids is 2. The summed E-state index contributed by atoms with van der Waals surface area (Å²) in [6.45, 7) is 2.38. The zero-order valence-electron chi connectivity index (χ0n) is 16.0. The number of rotatable bonds is 9. The number of benzene rings is 2. The van der Waals surface area contributed by atoms with Crippen molar-refractivity contribution in [2.24, 2.45) is 0 Å². The Kier molecular flexibility index (Phi) is 6.97. The highest BCUT2D eigenvalue weighted by Crippen LogP contribution is 2.23. The zero-order valence-corrected chi connectivity index (χ0v) is 17.0. The molecule has 148 valence electrons. The first-order valence-corrected chi connectivity index (χ1v) is 10.5. The molecular formula is C22H20O6Si. The molecule has 0 aliphatic rings. The van der Waals surface area contributed by atoms with Gasteiger partial charge in [-0.1, -0.05) is 12.5 Å². The van der Waals surface area contributed by atoms with E-state index < -0.39 is 11.6 Å². The maximum Gasteiger partial charge on any atom is 0.343 e. The molecule has 3 aromatic rings. The molecule has 0 aliphatic carbocycles. The molecule has 2 radical (unpaired) electrons.